The van der Waals surface area contributed by atoms with E-state index in [0.29, 0.717) is 17.3 Å². The van der Waals surface area contributed by atoms with Gasteiger partial charge in [-0.15, -0.1) is 0 Å². The van der Waals surface area contributed by atoms with Crippen molar-refractivity contribution in [2.24, 2.45) is 0 Å². The van der Waals surface area contributed by atoms with Crippen LogP contribution in [0.4, 0.5) is 0 Å². The molecule has 2 aromatic rings. The van der Waals surface area contributed by atoms with Crippen LogP contribution in [0.2, 0.25) is 0 Å². The van der Waals surface area contributed by atoms with Gasteiger partial charge >= 0.3 is 0 Å². The van der Waals surface area contributed by atoms with E-state index in [2.05, 4.69) is 15.5 Å². The summed E-state index contributed by atoms with van der Waals surface area (Å²) in [5.74, 6) is 1.19. The van der Waals surface area contributed by atoms with E-state index in [-0.39, 0.29) is 11.8 Å². The summed E-state index contributed by atoms with van der Waals surface area (Å²) in [6.07, 6.45) is 2.16. The molecule has 0 amide bonds. The predicted molar refractivity (Wildman–Crippen MR) is 61.4 cm³/mol. The first-order valence-electron chi connectivity index (χ1n) is 5.70. The molecule has 1 unspecified atom stereocenters. The first-order valence-corrected chi connectivity index (χ1v) is 5.70. The lowest BCUT2D eigenvalue weighted by atomic mass is 10.2. The Hall–Kier alpha value is -1.88. The van der Waals surface area contributed by atoms with Crippen molar-refractivity contribution < 1.29 is 9.63 Å². The highest BCUT2D eigenvalue weighted by atomic mass is 16.5. The van der Waals surface area contributed by atoms with Crippen LogP contribution in [0.3, 0.4) is 0 Å². The summed E-state index contributed by atoms with van der Waals surface area (Å²) in [6, 6.07) is 7.13. The SMILES string of the molecule is Oc1ccccc1-c1nc(C2CCCN2)no1. The van der Waals surface area contributed by atoms with Crippen LogP contribution < -0.4 is 5.32 Å². The van der Waals surface area contributed by atoms with Crippen LogP contribution in [0, 0.1) is 0 Å². The monoisotopic (exact) mass is 231 g/mol. The normalized spacial score (nSPS) is 19.6. The molecule has 0 spiro atoms. The second-order valence-electron chi connectivity index (χ2n) is 4.12. The largest absolute Gasteiger partial charge is 0.507 e. The summed E-state index contributed by atoms with van der Waals surface area (Å²) in [6.45, 7) is 0.991. The summed E-state index contributed by atoms with van der Waals surface area (Å²) in [7, 11) is 0. The molecular formula is C12H13N3O2. The Morgan fingerprint density at radius 3 is 3.00 bits per heavy atom. The van der Waals surface area contributed by atoms with Gasteiger partial charge in [-0.2, -0.15) is 4.98 Å². The Kier molecular flexibility index (Phi) is 2.53. The smallest absolute Gasteiger partial charge is 0.261 e. The Morgan fingerprint density at radius 1 is 1.35 bits per heavy atom. The van der Waals surface area contributed by atoms with Crippen molar-refractivity contribution in [3.05, 3.63) is 30.1 Å². The summed E-state index contributed by atoms with van der Waals surface area (Å²) in [4.78, 5) is 4.32. The number of phenols is 1. The Bertz CT molecular complexity index is 518. The van der Waals surface area contributed by atoms with Gasteiger partial charge in [-0.3, -0.25) is 0 Å². The van der Waals surface area contributed by atoms with E-state index >= 15 is 0 Å². The predicted octanol–water partition coefficient (Wildman–Crippen LogP) is 1.87. The average Bonchev–Trinajstić information content (AvgIpc) is 3.00. The maximum Gasteiger partial charge on any atom is 0.261 e. The lowest BCUT2D eigenvalue weighted by molar-refractivity contribution is 0.408. The molecule has 0 radical (unpaired) electrons. The van der Waals surface area contributed by atoms with Crippen LogP contribution in [-0.2, 0) is 0 Å². The standard InChI is InChI=1S/C12H13N3O2/c16-10-6-2-1-4-8(10)12-14-11(15-17-12)9-5-3-7-13-9/h1-2,4,6,9,13,16H,3,5,7H2. The summed E-state index contributed by atoms with van der Waals surface area (Å²) in [5.41, 5.74) is 0.573. The van der Waals surface area contributed by atoms with E-state index in [1.165, 1.54) is 0 Å². The third-order valence-corrected chi connectivity index (χ3v) is 2.95. The number of para-hydroxylation sites is 1. The van der Waals surface area contributed by atoms with Crippen molar-refractivity contribution in [3.63, 3.8) is 0 Å². The summed E-state index contributed by atoms with van der Waals surface area (Å²) < 4.78 is 5.18. The van der Waals surface area contributed by atoms with Crippen LogP contribution in [-0.4, -0.2) is 21.8 Å². The third kappa shape index (κ3) is 1.89. The van der Waals surface area contributed by atoms with Gasteiger partial charge in [0.25, 0.3) is 5.89 Å². The molecule has 1 aliphatic rings. The fraction of sp³-hybridized carbons (Fsp3) is 0.333. The van der Waals surface area contributed by atoms with Gasteiger partial charge in [0.2, 0.25) is 0 Å². The van der Waals surface area contributed by atoms with Gasteiger partial charge in [0.1, 0.15) is 5.75 Å². The first-order chi connectivity index (χ1) is 8.34. The average molecular weight is 231 g/mol. The molecule has 1 saturated heterocycles. The highest BCUT2D eigenvalue weighted by Gasteiger charge is 2.22. The molecule has 0 aliphatic carbocycles. The Labute approximate surface area is 98.5 Å². The molecule has 1 atom stereocenters. The van der Waals surface area contributed by atoms with Gasteiger partial charge in [0.05, 0.1) is 11.6 Å². The van der Waals surface area contributed by atoms with E-state index in [9.17, 15) is 5.11 Å². The molecule has 0 saturated carbocycles. The maximum atomic E-state index is 9.70. The van der Waals surface area contributed by atoms with Crippen LogP contribution in [0.5, 0.6) is 5.75 Å². The zero-order valence-electron chi connectivity index (χ0n) is 9.26. The molecule has 5 heteroatoms. The molecule has 1 aliphatic heterocycles. The lowest BCUT2D eigenvalue weighted by Crippen LogP contribution is -2.14. The summed E-state index contributed by atoms with van der Waals surface area (Å²) >= 11 is 0. The first kappa shape index (κ1) is 10.3. The second-order valence-corrected chi connectivity index (χ2v) is 4.12. The number of hydrogen-bond donors (Lipinski definition) is 2. The number of aromatic nitrogens is 2. The van der Waals surface area contributed by atoms with Crippen molar-refractivity contribution in [2.45, 2.75) is 18.9 Å². The molecule has 88 valence electrons. The number of aromatic hydroxyl groups is 1. The molecule has 1 aromatic heterocycles. The highest BCUT2D eigenvalue weighted by molar-refractivity contribution is 5.61. The van der Waals surface area contributed by atoms with Crippen LogP contribution >= 0.6 is 0 Å². The number of hydrogen-bond acceptors (Lipinski definition) is 5. The maximum absolute atomic E-state index is 9.70. The molecular weight excluding hydrogens is 218 g/mol. The molecule has 17 heavy (non-hydrogen) atoms. The minimum absolute atomic E-state index is 0.155. The van der Waals surface area contributed by atoms with Crippen LogP contribution in [0.15, 0.2) is 28.8 Å². The fourth-order valence-electron chi connectivity index (χ4n) is 2.05. The minimum atomic E-state index is 0.155. The molecule has 2 N–H and O–H groups in total. The second kappa shape index (κ2) is 4.18. The van der Waals surface area contributed by atoms with Gasteiger partial charge in [0, 0.05) is 0 Å². The fourth-order valence-corrected chi connectivity index (χ4v) is 2.05. The number of benzene rings is 1. The third-order valence-electron chi connectivity index (χ3n) is 2.95. The number of nitrogens with one attached hydrogen (secondary N) is 1. The van der Waals surface area contributed by atoms with E-state index in [4.69, 9.17) is 4.52 Å². The molecule has 2 heterocycles. The van der Waals surface area contributed by atoms with Crippen molar-refractivity contribution in [2.75, 3.05) is 6.54 Å². The Balaban J connectivity index is 1.92. The Morgan fingerprint density at radius 2 is 2.24 bits per heavy atom. The molecule has 0 bridgehead atoms. The van der Waals surface area contributed by atoms with Gasteiger partial charge in [0.15, 0.2) is 5.82 Å². The van der Waals surface area contributed by atoms with Crippen LogP contribution in [0.1, 0.15) is 24.7 Å². The zero-order valence-corrected chi connectivity index (χ0v) is 9.26. The summed E-state index contributed by atoms with van der Waals surface area (Å²) in [5, 5.41) is 17.0. The molecule has 3 rings (SSSR count). The van der Waals surface area contributed by atoms with Crippen molar-refractivity contribution in [1.82, 2.24) is 15.5 Å². The zero-order chi connectivity index (χ0) is 11.7. The molecule has 1 aromatic carbocycles. The lowest BCUT2D eigenvalue weighted by Gasteiger charge is -2.01. The van der Waals surface area contributed by atoms with Gasteiger partial charge in [-0.05, 0) is 31.5 Å². The topological polar surface area (TPSA) is 71.2 Å². The van der Waals surface area contributed by atoms with Gasteiger partial charge in [-0.25, -0.2) is 0 Å². The van der Waals surface area contributed by atoms with Crippen molar-refractivity contribution >= 4 is 0 Å². The van der Waals surface area contributed by atoms with Crippen LogP contribution in [0.25, 0.3) is 11.5 Å². The number of rotatable bonds is 2. The number of nitrogens with zero attached hydrogens (tertiary/aromatic N) is 2. The minimum Gasteiger partial charge on any atom is -0.507 e. The van der Waals surface area contributed by atoms with Crippen molar-refractivity contribution in [1.29, 1.82) is 0 Å². The van der Waals surface area contributed by atoms with Gasteiger partial charge in [-0.1, -0.05) is 17.3 Å². The quantitative estimate of drug-likeness (QED) is 0.825. The van der Waals surface area contributed by atoms with Crippen molar-refractivity contribution in [3.8, 4) is 17.2 Å². The van der Waals surface area contributed by atoms with E-state index in [1.807, 2.05) is 6.07 Å². The number of phenolic OH excluding ortho intramolecular Hbond substituents is 1. The molecule has 1 fully saturated rings. The highest BCUT2D eigenvalue weighted by Crippen LogP contribution is 2.29. The van der Waals surface area contributed by atoms with E-state index < -0.39 is 0 Å². The molecule has 5 nitrogen and oxygen atoms in total. The van der Waals surface area contributed by atoms with E-state index in [0.717, 1.165) is 19.4 Å². The van der Waals surface area contributed by atoms with E-state index in [1.54, 1.807) is 18.2 Å². The van der Waals surface area contributed by atoms with Gasteiger partial charge < -0.3 is 14.9 Å².